The van der Waals surface area contributed by atoms with Crippen LogP contribution in [0.5, 0.6) is 0 Å². The number of halogens is 1. The Morgan fingerprint density at radius 3 is 2.48 bits per heavy atom. The van der Waals surface area contributed by atoms with Crippen molar-refractivity contribution in [2.45, 2.75) is 0 Å². The zero-order valence-corrected chi connectivity index (χ0v) is 14.2. The summed E-state index contributed by atoms with van der Waals surface area (Å²) in [6.07, 6.45) is 1.86. The minimum absolute atomic E-state index is 0.136. The predicted molar refractivity (Wildman–Crippen MR) is 95.5 cm³/mol. The molecule has 0 amide bonds. The molecule has 2 heterocycles. The quantitative estimate of drug-likeness (QED) is 0.534. The van der Waals surface area contributed by atoms with E-state index in [0.29, 0.717) is 15.3 Å². The number of hydrogen-bond donors (Lipinski definition) is 0. The largest absolute Gasteiger partial charge is 0.291 e. The van der Waals surface area contributed by atoms with Crippen molar-refractivity contribution in [2.24, 2.45) is 0 Å². The number of thiazole rings is 1. The number of fused-ring (bicyclic) bond motifs is 1. The van der Waals surface area contributed by atoms with Gasteiger partial charge in [0, 0.05) is 10.0 Å². The molecule has 0 unspecified atom stereocenters. The monoisotopic (exact) mass is 383 g/mol. The van der Waals surface area contributed by atoms with Crippen LogP contribution >= 0.6 is 27.3 Å². The summed E-state index contributed by atoms with van der Waals surface area (Å²) in [4.78, 5) is 17.5. The summed E-state index contributed by atoms with van der Waals surface area (Å²) in [5.41, 5.74) is 1.74. The van der Waals surface area contributed by atoms with Gasteiger partial charge in [0.25, 0.3) is 5.56 Å². The third-order valence-corrected chi connectivity index (χ3v) is 4.87. The van der Waals surface area contributed by atoms with Gasteiger partial charge < -0.3 is 0 Å². The van der Waals surface area contributed by atoms with Crippen LogP contribution in [0.3, 0.4) is 0 Å². The lowest BCUT2D eigenvalue weighted by molar-refractivity contribution is 0.937. The molecule has 2 aromatic heterocycles. The van der Waals surface area contributed by atoms with Gasteiger partial charge in [-0.25, -0.2) is 0 Å². The summed E-state index contributed by atoms with van der Waals surface area (Å²) in [5, 5.41) is 4.33. The molecular formula is C17H10BrN3OS. The third-order valence-electron chi connectivity index (χ3n) is 3.38. The minimum atomic E-state index is -0.136. The number of hydrogen-bond acceptors (Lipinski definition) is 4. The average molecular weight is 384 g/mol. The van der Waals surface area contributed by atoms with E-state index in [2.05, 4.69) is 26.0 Å². The molecule has 0 saturated heterocycles. The van der Waals surface area contributed by atoms with Crippen LogP contribution in [0.1, 0.15) is 5.56 Å². The molecule has 4 nitrogen and oxygen atoms in total. The summed E-state index contributed by atoms with van der Waals surface area (Å²) in [5.74, 6) is 0.573. The van der Waals surface area contributed by atoms with E-state index in [4.69, 9.17) is 0 Å². The van der Waals surface area contributed by atoms with E-state index >= 15 is 0 Å². The van der Waals surface area contributed by atoms with Gasteiger partial charge in [0.15, 0.2) is 5.82 Å². The smallest absolute Gasteiger partial charge is 0.266 e. The molecule has 0 bridgehead atoms. The van der Waals surface area contributed by atoms with Crippen LogP contribution in [0.2, 0.25) is 0 Å². The Labute approximate surface area is 143 Å². The van der Waals surface area contributed by atoms with E-state index in [1.807, 2.05) is 60.7 Å². The number of benzene rings is 2. The predicted octanol–water partition coefficient (Wildman–Crippen LogP) is 3.13. The van der Waals surface area contributed by atoms with Gasteiger partial charge in [-0.15, -0.1) is 5.10 Å². The summed E-state index contributed by atoms with van der Waals surface area (Å²) < 4.78 is 3.01. The molecule has 2 aromatic carbocycles. The molecule has 0 aliphatic rings. The molecule has 0 atom stereocenters. The number of rotatable bonds is 2. The molecule has 0 aliphatic heterocycles. The lowest BCUT2D eigenvalue weighted by Gasteiger charge is -1.92. The van der Waals surface area contributed by atoms with E-state index < -0.39 is 0 Å². The second-order valence-electron chi connectivity index (χ2n) is 4.96. The van der Waals surface area contributed by atoms with Crippen molar-refractivity contribution in [3.63, 3.8) is 0 Å². The molecule has 0 N–H and O–H groups in total. The lowest BCUT2D eigenvalue weighted by Crippen LogP contribution is -2.23. The first-order valence-corrected chi connectivity index (χ1v) is 8.54. The van der Waals surface area contributed by atoms with E-state index in [-0.39, 0.29) is 5.56 Å². The van der Waals surface area contributed by atoms with Gasteiger partial charge in [-0.1, -0.05) is 69.7 Å². The number of aromatic nitrogens is 3. The molecule has 23 heavy (non-hydrogen) atoms. The molecule has 0 fully saturated rings. The van der Waals surface area contributed by atoms with Crippen LogP contribution in [0, 0.1) is 0 Å². The van der Waals surface area contributed by atoms with Crippen LogP contribution in [0.25, 0.3) is 22.4 Å². The molecule has 0 aliphatic carbocycles. The maximum atomic E-state index is 12.5. The van der Waals surface area contributed by atoms with Gasteiger partial charge >= 0.3 is 0 Å². The summed E-state index contributed by atoms with van der Waals surface area (Å²) in [7, 11) is 0. The van der Waals surface area contributed by atoms with E-state index in [1.165, 1.54) is 15.9 Å². The highest BCUT2D eigenvalue weighted by Crippen LogP contribution is 2.16. The van der Waals surface area contributed by atoms with Gasteiger partial charge in [-0.05, 0) is 23.8 Å². The fraction of sp³-hybridized carbons (Fsp3) is 0. The molecular weight excluding hydrogens is 374 g/mol. The zero-order chi connectivity index (χ0) is 15.8. The second kappa shape index (κ2) is 5.72. The lowest BCUT2D eigenvalue weighted by atomic mass is 10.2. The highest BCUT2D eigenvalue weighted by atomic mass is 79.9. The second-order valence-corrected chi connectivity index (χ2v) is 6.89. The molecule has 0 radical (unpaired) electrons. The fourth-order valence-corrected chi connectivity index (χ4v) is 3.43. The van der Waals surface area contributed by atoms with Crippen LogP contribution < -0.4 is 10.1 Å². The van der Waals surface area contributed by atoms with Crippen molar-refractivity contribution in [1.29, 1.82) is 0 Å². The zero-order valence-electron chi connectivity index (χ0n) is 11.8. The van der Waals surface area contributed by atoms with Gasteiger partial charge in [0.2, 0.25) is 4.96 Å². The van der Waals surface area contributed by atoms with Crippen molar-refractivity contribution in [2.75, 3.05) is 0 Å². The first-order chi connectivity index (χ1) is 11.2. The third kappa shape index (κ3) is 2.71. The number of nitrogens with zero attached hydrogens (tertiary/aromatic N) is 3. The molecule has 0 spiro atoms. The summed E-state index contributed by atoms with van der Waals surface area (Å²) >= 11 is 4.75. The Kier molecular flexibility index (Phi) is 3.55. The summed E-state index contributed by atoms with van der Waals surface area (Å²) in [6, 6.07) is 17.4. The molecule has 6 heteroatoms. The van der Waals surface area contributed by atoms with Crippen LogP contribution in [0.15, 0.2) is 63.9 Å². The topological polar surface area (TPSA) is 47.3 Å². The fourth-order valence-electron chi connectivity index (χ4n) is 2.25. The van der Waals surface area contributed by atoms with Gasteiger partial charge in [0.05, 0.1) is 4.53 Å². The standard InChI is InChI=1S/C17H10BrN3OS/c18-13-8-6-11(7-9-13)10-14-16(22)21-17(23-14)19-15(20-21)12-4-2-1-3-5-12/h1-10H/b14-10+. The van der Waals surface area contributed by atoms with Gasteiger partial charge in [0.1, 0.15) is 0 Å². The first kappa shape index (κ1) is 14.3. The highest BCUT2D eigenvalue weighted by molar-refractivity contribution is 9.10. The van der Waals surface area contributed by atoms with Gasteiger partial charge in [-0.2, -0.15) is 9.50 Å². The first-order valence-electron chi connectivity index (χ1n) is 6.93. The summed E-state index contributed by atoms with van der Waals surface area (Å²) in [6.45, 7) is 0. The Bertz CT molecular complexity index is 1080. The highest BCUT2D eigenvalue weighted by Gasteiger charge is 2.11. The SMILES string of the molecule is O=c1/c(=C\c2ccc(Br)cc2)sc2nc(-c3ccccc3)nn12. The van der Waals surface area contributed by atoms with Crippen molar-refractivity contribution < 1.29 is 0 Å². The van der Waals surface area contributed by atoms with Gasteiger partial charge in [-0.3, -0.25) is 4.79 Å². The van der Waals surface area contributed by atoms with Crippen molar-refractivity contribution in [3.05, 3.63) is 79.5 Å². The van der Waals surface area contributed by atoms with Crippen LogP contribution in [-0.2, 0) is 0 Å². The van der Waals surface area contributed by atoms with E-state index in [9.17, 15) is 4.79 Å². The minimum Gasteiger partial charge on any atom is -0.266 e. The van der Waals surface area contributed by atoms with Crippen molar-refractivity contribution in [3.8, 4) is 11.4 Å². The van der Waals surface area contributed by atoms with Crippen molar-refractivity contribution >= 4 is 38.3 Å². The Morgan fingerprint density at radius 2 is 1.78 bits per heavy atom. The van der Waals surface area contributed by atoms with E-state index in [0.717, 1.165) is 15.6 Å². The Morgan fingerprint density at radius 1 is 1.04 bits per heavy atom. The molecule has 112 valence electrons. The molecule has 4 aromatic rings. The van der Waals surface area contributed by atoms with Crippen molar-refractivity contribution in [1.82, 2.24) is 14.6 Å². The maximum Gasteiger partial charge on any atom is 0.291 e. The molecule has 0 saturated carbocycles. The van der Waals surface area contributed by atoms with E-state index in [1.54, 1.807) is 0 Å². The maximum absolute atomic E-state index is 12.5. The van der Waals surface area contributed by atoms with Crippen LogP contribution in [0.4, 0.5) is 0 Å². The Hall–Kier alpha value is -2.31. The average Bonchev–Trinajstić information content (AvgIpc) is 3.11. The normalized spacial score (nSPS) is 12.1. The Balaban J connectivity index is 1.82. The molecule has 4 rings (SSSR count). The van der Waals surface area contributed by atoms with Crippen LogP contribution in [-0.4, -0.2) is 14.6 Å².